The molecule has 1 aromatic rings. The van der Waals surface area contributed by atoms with Crippen LogP contribution >= 0.6 is 0 Å². The van der Waals surface area contributed by atoms with Crippen LogP contribution in [0.5, 0.6) is 0 Å². The third-order valence-corrected chi connectivity index (χ3v) is 3.98. The normalized spacial score (nSPS) is 11.7. The molecule has 25 heavy (non-hydrogen) atoms. The van der Waals surface area contributed by atoms with Gasteiger partial charge in [-0.1, -0.05) is 51.1 Å². The lowest BCUT2D eigenvalue weighted by atomic mass is 9.73. The van der Waals surface area contributed by atoms with E-state index in [-0.39, 0.29) is 31.8 Å². The lowest BCUT2D eigenvalue weighted by molar-refractivity contribution is -0.174. The first-order valence-corrected chi connectivity index (χ1v) is 8.59. The number of Topliss-reactive ketones (excluding diaryl/α,β-unsaturated/α-hetero) is 1. The fourth-order valence-electron chi connectivity index (χ4n) is 2.46. The van der Waals surface area contributed by atoms with Crippen LogP contribution in [0.15, 0.2) is 30.3 Å². The van der Waals surface area contributed by atoms with Gasteiger partial charge in [0.15, 0.2) is 5.41 Å². The first kappa shape index (κ1) is 20.9. The monoisotopic (exact) mass is 348 g/mol. The molecule has 0 radical (unpaired) electrons. The van der Waals surface area contributed by atoms with E-state index in [9.17, 15) is 14.4 Å². The molecule has 1 rings (SSSR count). The fourth-order valence-corrected chi connectivity index (χ4v) is 2.46. The van der Waals surface area contributed by atoms with Crippen molar-refractivity contribution in [2.24, 2.45) is 10.8 Å². The molecule has 0 saturated heterocycles. The van der Waals surface area contributed by atoms with Gasteiger partial charge in [0, 0.05) is 11.8 Å². The largest absolute Gasteiger partial charge is 0.465 e. The molecule has 0 N–H and O–H groups in total. The average Bonchev–Trinajstić information content (AvgIpc) is 2.54. The van der Waals surface area contributed by atoms with Crippen molar-refractivity contribution in [3.63, 3.8) is 0 Å². The van der Waals surface area contributed by atoms with E-state index in [1.54, 1.807) is 34.6 Å². The van der Waals surface area contributed by atoms with Gasteiger partial charge in [-0.05, 0) is 25.8 Å². The molecule has 0 amide bonds. The zero-order valence-electron chi connectivity index (χ0n) is 15.8. The molecule has 0 aromatic heterocycles. The topological polar surface area (TPSA) is 69.7 Å². The summed E-state index contributed by atoms with van der Waals surface area (Å²) in [7, 11) is 0. The highest BCUT2D eigenvalue weighted by atomic mass is 16.6. The Balaban J connectivity index is 3.38. The van der Waals surface area contributed by atoms with Gasteiger partial charge >= 0.3 is 11.9 Å². The van der Waals surface area contributed by atoms with E-state index in [2.05, 4.69) is 0 Å². The maximum atomic E-state index is 12.8. The van der Waals surface area contributed by atoms with Gasteiger partial charge in [-0.2, -0.15) is 0 Å². The van der Waals surface area contributed by atoms with Gasteiger partial charge in [-0.3, -0.25) is 14.4 Å². The van der Waals surface area contributed by atoms with Crippen molar-refractivity contribution >= 4 is 17.7 Å². The average molecular weight is 348 g/mol. The second-order valence-corrected chi connectivity index (χ2v) is 7.04. The summed E-state index contributed by atoms with van der Waals surface area (Å²) in [5.41, 5.74) is -1.58. The number of hydrogen-bond donors (Lipinski definition) is 0. The molecular formula is C20H28O5. The lowest BCUT2D eigenvalue weighted by Gasteiger charge is -2.31. The van der Waals surface area contributed by atoms with E-state index in [1.165, 1.54) is 0 Å². The molecule has 0 atom stereocenters. The maximum absolute atomic E-state index is 12.8. The summed E-state index contributed by atoms with van der Waals surface area (Å²) < 4.78 is 10.3. The lowest BCUT2D eigenvalue weighted by Crippen LogP contribution is -2.47. The summed E-state index contributed by atoms with van der Waals surface area (Å²) in [6.45, 7) is 8.87. The Morgan fingerprint density at radius 2 is 1.36 bits per heavy atom. The molecule has 5 heteroatoms. The molecular weight excluding hydrogens is 320 g/mol. The Labute approximate surface area is 149 Å². The Kier molecular flexibility index (Phi) is 7.34. The van der Waals surface area contributed by atoms with Gasteiger partial charge < -0.3 is 9.47 Å². The van der Waals surface area contributed by atoms with E-state index in [4.69, 9.17) is 9.47 Å². The van der Waals surface area contributed by atoms with Crippen LogP contribution in [0.2, 0.25) is 0 Å². The zero-order chi connectivity index (χ0) is 19.1. The highest BCUT2D eigenvalue weighted by molar-refractivity contribution is 6.05. The highest BCUT2D eigenvalue weighted by Crippen LogP contribution is 2.35. The van der Waals surface area contributed by atoms with Gasteiger partial charge in [0.05, 0.1) is 13.2 Å². The third-order valence-electron chi connectivity index (χ3n) is 3.98. The summed E-state index contributed by atoms with van der Waals surface area (Å²) in [4.78, 5) is 38.2. The van der Waals surface area contributed by atoms with Crippen LogP contribution in [0, 0.1) is 10.8 Å². The van der Waals surface area contributed by atoms with Crippen LogP contribution in [0.3, 0.4) is 0 Å². The minimum absolute atomic E-state index is 0.0628. The van der Waals surface area contributed by atoms with Crippen LogP contribution in [0.25, 0.3) is 0 Å². The number of carbonyl (C=O) groups is 3. The van der Waals surface area contributed by atoms with Crippen molar-refractivity contribution in [3.05, 3.63) is 35.9 Å². The number of hydrogen-bond acceptors (Lipinski definition) is 5. The smallest absolute Gasteiger partial charge is 0.324 e. The number of rotatable bonds is 8. The number of ketones is 1. The molecule has 0 fully saturated rings. The molecule has 0 spiro atoms. The first-order chi connectivity index (χ1) is 11.7. The van der Waals surface area contributed by atoms with E-state index in [1.807, 2.05) is 30.3 Å². The van der Waals surface area contributed by atoms with Gasteiger partial charge in [0.2, 0.25) is 0 Å². The van der Waals surface area contributed by atoms with Crippen molar-refractivity contribution in [2.75, 3.05) is 13.2 Å². The van der Waals surface area contributed by atoms with E-state index >= 15 is 0 Å². The summed E-state index contributed by atoms with van der Waals surface area (Å²) in [6.07, 6.45) is -0.184. The standard InChI is InChI=1S/C20H28O5/c1-6-24-17(22)20(18(23)25-7-2,14-16(21)19(3,4)5)13-15-11-9-8-10-12-15/h8-12H,6-7,13-14H2,1-5H3. The van der Waals surface area contributed by atoms with Crippen LogP contribution < -0.4 is 0 Å². The van der Waals surface area contributed by atoms with Crippen molar-refractivity contribution in [1.82, 2.24) is 0 Å². The maximum Gasteiger partial charge on any atom is 0.324 e. The minimum atomic E-state index is -1.67. The predicted molar refractivity (Wildman–Crippen MR) is 94.9 cm³/mol. The van der Waals surface area contributed by atoms with Gasteiger partial charge in [0.1, 0.15) is 5.78 Å². The molecule has 0 saturated carbocycles. The molecule has 0 bridgehead atoms. The Bertz CT molecular complexity index is 580. The molecule has 138 valence electrons. The van der Waals surface area contributed by atoms with Crippen LogP contribution in [0.1, 0.15) is 46.6 Å². The Hall–Kier alpha value is -2.17. The molecule has 0 aliphatic heterocycles. The van der Waals surface area contributed by atoms with Crippen molar-refractivity contribution in [1.29, 1.82) is 0 Å². The van der Waals surface area contributed by atoms with Gasteiger partial charge in [-0.15, -0.1) is 0 Å². The van der Waals surface area contributed by atoms with Crippen molar-refractivity contribution < 1.29 is 23.9 Å². The van der Waals surface area contributed by atoms with Crippen LogP contribution in [0.4, 0.5) is 0 Å². The Morgan fingerprint density at radius 3 is 1.76 bits per heavy atom. The van der Waals surface area contributed by atoms with E-state index in [0.29, 0.717) is 0 Å². The molecule has 0 unspecified atom stereocenters. The number of esters is 2. The SMILES string of the molecule is CCOC(=O)C(CC(=O)C(C)(C)C)(Cc1ccccc1)C(=O)OCC. The fraction of sp³-hybridized carbons (Fsp3) is 0.550. The van der Waals surface area contributed by atoms with Crippen molar-refractivity contribution in [3.8, 4) is 0 Å². The highest BCUT2D eigenvalue weighted by Gasteiger charge is 2.51. The second kappa shape index (κ2) is 8.79. The summed E-state index contributed by atoms with van der Waals surface area (Å²) in [6, 6.07) is 9.12. The van der Waals surface area contributed by atoms with E-state index < -0.39 is 22.8 Å². The Morgan fingerprint density at radius 1 is 0.880 bits per heavy atom. The predicted octanol–water partition coefficient (Wildman–Crippen LogP) is 3.35. The van der Waals surface area contributed by atoms with Gasteiger partial charge in [-0.25, -0.2) is 0 Å². The second-order valence-electron chi connectivity index (χ2n) is 7.04. The third kappa shape index (κ3) is 5.41. The number of benzene rings is 1. The molecule has 1 aromatic carbocycles. The summed E-state index contributed by atoms with van der Waals surface area (Å²) in [5, 5.41) is 0. The number of ether oxygens (including phenoxy) is 2. The van der Waals surface area contributed by atoms with Crippen LogP contribution in [-0.4, -0.2) is 30.9 Å². The number of carbonyl (C=O) groups excluding carboxylic acids is 3. The molecule has 0 aliphatic carbocycles. The zero-order valence-corrected chi connectivity index (χ0v) is 15.8. The quantitative estimate of drug-likeness (QED) is 0.532. The summed E-state index contributed by atoms with van der Waals surface area (Å²) >= 11 is 0. The molecule has 0 aliphatic rings. The molecule has 5 nitrogen and oxygen atoms in total. The van der Waals surface area contributed by atoms with Crippen LogP contribution in [-0.2, 0) is 30.3 Å². The van der Waals surface area contributed by atoms with Gasteiger partial charge in [0.25, 0.3) is 0 Å². The first-order valence-electron chi connectivity index (χ1n) is 8.59. The minimum Gasteiger partial charge on any atom is -0.465 e. The van der Waals surface area contributed by atoms with E-state index in [0.717, 1.165) is 5.56 Å². The molecule has 0 heterocycles. The summed E-state index contributed by atoms with van der Waals surface area (Å²) in [5.74, 6) is -1.62. The van der Waals surface area contributed by atoms with Crippen molar-refractivity contribution in [2.45, 2.75) is 47.5 Å².